The lowest BCUT2D eigenvalue weighted by molar-refractivity contribution is 0.415. The van der Waals surface area contributed by atoms with Gasteiger partial charge in [0.25, 0.3) is 0 Å². The summed E-state index contributed by atoms with van der Waals surface area (Å²) in [6.45, 7) is 3.03. The van der Waals surface area contributed by atoms with Crippen LogP contribution in [0.25, 0.3) is 21.8 Å². The Kier molecular flexibility index (Phi) is 4.98. The molecule has 4 rings (SSSR count). The van der Waals surface area contributed by atoms with Gasteiger partial charge in [-0.15, -0.1) is 0 Å². The topological polar surface area (TPSA) is 48.6 Å². The van der Waals surface area contributed by atoms with E-state index in [-0.39, 0.29) is 0 Å². The van der Waals surface area contributed by atoms with Crippen molar-refractivity contribution < 1.29 is 9.47 Å². The fraction of sp³-hybridized carbons (Fsp3) is 0.217. The van der Waals surface area contributed by atoms with Crippen LogP contribution in [0.15, 0.2) is 59.6 Å². The zero-order valence-corrected chi connectivity index (χ0v) is 16.3. The van der Waals surface area contributed by atoms with Crippen LogP contribution in [0.1, 0.15) is 18.9 Å². The number of rotatable bonds is 6. The van der Waals surface area contributed by atoms with Gasteiger partial charge in [-0.25, -0.2) is 9.98 Å². The minimum atomic E-state index is 0.710. The second kappa shape index (κ2) is 7.72. The Labute approximate surface area is 164 Å². The molecular weight excluding hydrogens is 350 g/mol. The van der Waals surface area contributed by atoms with E-state index in [0.29, 0.717) is 5.95 Å². The van der Waals surface area contributed by atoms with Crippen molar-refractivity contribution in [1.29, 1.82) is 0 Å². The summed E-state index contributed by atoms with van der Waals surface area (Å²) in [5, 5.41) is 1.97. The van der Waals surface area contributed by atoms with Crippen LogP contribution in [0.5, 0.6) is 11.5 Å². The maximum Gasteiger partial charge on any atom is 0.230 e. The van der Waals surface area contributed by atoms with Gasteiger partial charge in [-0.2, -0.15) is 0 Å². The van der Waals surface area contributed by atoms with Crippen LogP contribution in [0, 0.1) is 0 Å². The molecule has 0 spiro atoms. The number of hydrogen-bond acceptors (Lipinski definition) is 4. The van der Waals surface area contributed by atoms with E-state index in [1.807, 2.05) is 54.7 Å². The highest BCUT2D eigenvalue weighted by molar-refractivity contribution is 6.06. The number of ether oxygens (including phenoxy) is 2. The van der Waals surface area contributed by atoms with Gasteiger partial charge in [-0.05, 0) is 36.8 Å². The van der Waals surface area contributed by atoms with E-state index >= 15 is 0 Å². The molecule has 0 unspecified atom stereocenters. The van der Waals surface area contributed by atoms with Crippen molar-refractivity contribution >= 4 is 34.0 Å². The van der Waals surface area contributed by atoms with E-state index in [9.17, 15) is 0 Å². The van der Waals surface area contributed by atoms with Crippen molar-refractivity contribution in [3.63, 3.8) is 0 Å². The third-order valence-corrected chi connectivity index (χ3v) is 4.84. The maximum absolute atomic E-state index is 5.59. The number of fused-ring (bicyclic) bond motifs is 2. The number of benzene rings is 3. The molecule has 1 heterocycles. The molecule has 0 fully saturated rings. The third kappa shape index (κ3) is 3.09. The number of methoxy groups -OCH3 is 2. The zero-order valence-electron chi connectivity index (χ0n) is 16.3. The molecule has 0 bridgehead atoms. The molecule has 0 saturated heterocycles. The summed E-state index contributed by atoms with van der Waals surface area (Å²) in [7, 11) is 3.35. The molecule has 0 amide bonds. The molecule has 0 aliphatic carbocycles. The molecule has 0 N–H and O–H groups in total. The second-order valence-electron chi connectivity index (χ2n) is 6.55. The standard InChI is InChI=1S/C23H23N3O2/c1-4-14-26-19-10-6-5-9-18(19)25-23(26)24-15-16-12-13-20(27-2)17-8-7-11-21(28-3)22(16)17/h5-13,15H,4,14H2,1-3H3/b24-15+. The molecule has 0 aliphatic rings. The second-order valence-corrected chi connectivity index (χ2v) is 6.55. The summed E-state index contributed by atoms with van der Waals surface area (Å²) >= 11 is 0. The lowest BCUT2D eigenvalue weighted by atomic mass is 10.0. The fourth-order valence-electron chi connectivity index (χ4n) is 3.56. The lowest BCUT2D eigenvalue weighted by Gasteiger charge is -2.11. The Morgan fingerprint density at radius 2 is 1.79 bits per heavy atom. The SMILES string of the molecule is CCCn1c(/N=C/c2ccc(OC)c3cccc(OC)c23)nc2ccccc21. The summed E-state index contributed by atoms with van der Waals surface area (Å²) in [6, 6.07) is 18.0. The van der Waals surface area contributed by atoms with Crippen LogP contribution >= 0.6 is 0 Å². The molecular formula is C23H23N3O2. The van der Waals surface area contributed by atoms with E-state index in [0.717, 1.165) is 51.8 Å². The number of hydrogen-bond donors (Lipinski definition) is 0. The molecule has 0 atom stereocenters. The first-order valence-corrected chi connectivity index (χ1v) is 9.40. The average molecular weight is 373 g/mol. The van der Waals surface area contributed by atoms with Gasteiger partial charge in [0.1, 0.15) is 11.5 Å². The molecule has 5 heteroatoms. The van der Waals surface area contributed by atoms with E-state index in [2.05, 4.69) is 17.6 Å². The summed E-state index contributed by atoms with van der Waals surface area (Å²) < 4.78 is 13.3. The van der Waals surface area contributed by atoms with Crippen LogP contribution in [0.3, 0.4) is 0 Å². The smallest absolute Gasteiger partial charge is 0.230 e. The average Bonchev–Trinajstić information content (AvgIpc) is 3.09. The Morgan fingerprint density at radius 1 is 0.964 bits per heavy atom. The van der Waals surface area contributed by atoms with Gasteiger partial charge in [-0.1, -0.05) is 31.2 Å². The van der Waals surface area contributed by atoms with Gasteiger partial charge in [0.15, 0.2) is 0 Å². The van der Waals surface area contributed by atoms with Gasteiger partial charge < -0.3 is 14.0 Å². The van der Waals surface area contributed by atoms with Gasteiger partial charge in [0.2, 0.25) is 5.95 Å². The van der Waals surface area contributed by atoms with Gasteiger partial charge in [-0.3, -0.25) is 0 Å². The number of imidazole rings is 1. The minimum Gasteiger partial charge on any atom is -0.496 e. The first-order valence-electron chi connectivity index (χ1n) is 9.40. The molecule has 3 aromatic carbocycles. The van der Waals surface area contributed by atoms with Crippen LogP contribution in [0.2, 0.25) is 0 Å². The molecule has 28 heavy (non-hydrogen) atoms. The van der Waals surface area contributed by atoms with Crippen molar-refractivity contribution in [1.82, 2.24) is 9.55 Å². The Balaban J connectivity index is 1.86. The van der Waals surface area contributed by atoms with Crippen molar-refractivity contribution in [2.24, 2.45) is 4.99 Å². The largest absolute Gasteiger partial charge is 0.496 e. The monoisotopic (exact) mass is 373 g/mol. The van der Waals surface area contributed by atoms with E-state index < -0.39 is 0 Å². The van der Waals surface area contributed by atoms with Crippen molar-refractivity contribution in [2.45, 2.75) is 19.9 Å². The normalized spacial score (nSPS) is 11.5. The lowest BCUT2D eigenvalue weighted by Crippen LogP contribution is -1.97. The zero-order chi connectivity index (χ0) is 19.5. The predicted molar refractivity (Wildman–Crippen MR) is 114 cm³/mol. The first-order chi connectivity index (χ1) is 13.8. The van der Waals surface area contributed by atoms with Crippen molar-refractivity contribution in [2.75, 3.05) is 14.2 Å². The number of nitrogens with zero attached hydrogens (tertiary/aromatic N) is 3. The third-order valence-electron chi connectivity index (χ3n) is 4.84. The fourth-order valence-corrected chi connectivity index (χ4v) is 3.56. The highest BCUT2D eigenvalue weighted by Gasteiger charge is 2.12. The highest BCUT2D eigenvalue weighted by atomic mass is 16.5. The van der Waals surface area contributed by atoms with Crippen LogP contribution in [-0.2, 0) is 6.54 Å². The van der Waals surface area contributed by atoms with E-state index in [4.69, 9.17) is 19.5 Å². The van der Waals surface area contributed by atoms with Crippen molar-refractivity contribution in [3.8, 4) is 11.5 Å². The predicted octanol–water partition coefficient (Wildman–Crippen LogP) is 5.37. The van der Waals surface area contributed by atoms with Gasteiger partial charge in [0, 0.05) is 29.1 Å². The van der Waals surface area contributed by atoms with Crippen LogP contribution in [-0.4, -0.2) is 30.0 Å². The molecule has 4 aromatic rings. The minimum absolute atomic E-state index is 0.710. The number of aromatic nitrogens is 2. The molecule has 142 valence electrons. The quantitative estimate of drug-likeness (QED) is 0.427. The number of aryl methyl sites for hydroxylation is 1. The Morgan fingerprint density at radius 3 is 2.57 bits per heavy atom. The summed E-state index contributed by atoms with van der Waals surface area (Å²) in [5.74, 6) is 2.31. The summed E-state index contributed by atoms with van der Waals surface area (Å²) in [6.07, 6.45) is 2.87. The van der Waals surface area contributed by atoms with E-state index in [1.165, 1.54) is 0 Å². The van der Waals surface area contributed by atoms with Gasteiger partial charge in [0.05, 0.1) is 25.3 Å². The first kappa shape index (κ1) is 18.0. The van der Waals surface area contributed by atoms with E-state index in [1.54, 1.807) is 14.2 Å². The Hall–Kier alpha value is -3.34. The molecule has 5 nitrogen and oxygen atoms in total. The van der Waals surface area contributed by atoms with Crippen LogP contribution < -0.4 is 9.47 Å². The van der Waals surface area contributed by atoms with Crippen molar-refractivity contribution in [3.05, 3.63) is 60.2 Å². The Bertz CT molecular complexity index is 1160. The number of para-hydroxylation sites is 2. The molecule has 1 aromatic heterocycles. The molecule has 0 radical (unpaired) electrons. The van der Waals surface area contributed by atoms with Gasteiger partial charge >= 0.3 is 0 Å². The molecule has 0 saturated carbocycles. The maximum atomic E-state index is 5.59. The molecule has 0 aliphatic heterocycles. The van der Waals surface area contributed by atoms with Crippen LogP contribution in [0.4, 0.5) is 5.95 Å². The summed E-state index contributed by atoms with van der Waals surface area (Å²) in [4.78, 5) is 9.46. The number of aliphatic imine (C=N–C) groups is 1. The highest BCUT2D eigenvalue weighted by Crippen LogP contribution is 2.34. The summed E-state index contributed by atoms with van der Waals surface area (Å²) in [5.41, 5.74) is 3.03.